The van der Waals surface area contributed by atoms with Crippen LogP contribution >= 0.6 is 11.6 Å². The maximum atomic E-state index is 12.1. The van der Waals surface area contributed by atoms with Crippen molar-refractivity contribution >= 4 is 23.4 Å². The summed E-state index contributed by atoms with van der Waals surface area (Å²) >= 11 is 5.94. The Morgan fingerprint density at radius 3 is 2.46 bits per heavy atom. The number of benzene rings is 2. The normalized spacial score (nSPS) is 10.4. The van der Waals surface area contributed by atoms with Crippen molar-refractivity contribution in [2.24, 2.45) is 0 Å². The molecule has 0 atom stereocenters. The molecule has 1 heterocycles. The Balaban J connectivity index is 1.62. The molecule has 132 valence electrons. The third-order valence-corrected chi connectivity index (χ3v) is 4.00. The van der Waals surface area contributed by atoms with E-state index >= 15 is 0 Å². The fourth-order valence-corrected chi connectivity index (χ4v) is 2.49. The fraction of sp³-hybridized carbons (Fsp3) is 0.105. The second-order valence-electron chi connectivity index (χ2n) is 5.55. The summed E-state index contributed by atoms with van der Waals surface area (Å²) in [6.07, 6.45) is 0.889. The first-order chi connectivity index (χ1) is 12.6. The van der Waals surface area contributed by atoms with E-state index < -0.39 is 11.8 Å². The van der Waals surface area contributed by atoms with E-state index in [9.17, 15) is 9.59 Å². The molecule has 2 N–H and O–H groups in total. The Hall–Kier alpha value is -3.12. The van der Waals surface area contributed by atoms with Gasteiger partial charge in [-0.25, -0.2) is 0 Å². The minimum absolute atomic E-state index is 0.0432. The lowest BCUT2D eigenvalue weighted by atomic mass is 10.1. The van der Waals surface area contributed by atoms with Crippen LogP contribution in [-0.4, -0.2) is 17.0 Å². The van der Waals surface area contributed by atoms with E-state index in [1.165, 1.54) is 6.07 Å². The fourth-order valence-electron chi connectivity index (χ4n) is 2.30. The Morgan fingerprint density at radius 1 is 1.04 bits per heavy atom. The zero-order valence-corrected chi connectivity index (χ0v) is 14.7. The smallest absolute Gasteiger partial charge is 0.291 e. The Kier molecular flexibility index (Phi) is 5.34. The van der Waals surface area contributed by atoms with Crippen molar-refractivity contribution < 1.29 is 14.1 Å². The molecule has 0 aliphatic heterocycles. The number of amides is 2. The first kappa shape index (κ1) is 17.7. The molecule has 0 saturated carbocycles. The summed E-state index contributed by atoms with van der Waals surface area (Å²) in [6.45, 7) is 2.03. The topological polar surface area (TPSA) is 84.2 Å². The minimum atomic E-state index is -0.583. The van der Waals surface area contributed by atoms with Crippen LogP contribution in [0.1, 0.15) is 33.3 Å². The largest absolute Gasteiger partial charge is 0.355 e. The number of rotatable bonds is 4. The highest BCUT2D eigenvalue weighted by atomic mass is 35.5. The SMILES string of the molecule is CCc1ccc(C(=O)NNC(=O)c2cc(-c3cccc(Cl)c3)on2)cc1. The first-order valence-corrected chi connectivity index (χ1v) is 8.37. The number of hydrogen-bond donors (Lipinski definition) is 2. The van der Waals surface area contributed by atoms with Crippen molar-refractivity contribution in [3.63, 3.8) is 0 Å². The monoisotopic (exact) mass is 369 g/mol. The van der Waals surface area contributed by atoms with Crippen molar-refractivity contribution in [1.82, 2.24) is 16.0 Å². The second-order valence-corrected chi connectivity index (χ2v) is 5.98. The number of nitrogens with one attached hydrogen (secondary N) is 2. The highest BCUT2D eigenvalue weighted by Crippen LogP contribution is 2.23. The van der Waals surface area contributed by atoms with Crippen molar-refractivity contribution in [2.45, 2.75) is 13.3 Å². The Bertz CT molecular complexity index is 935. The maximum Gasteiger partial charge on any atom is 0.291 e. The number of carbonyl (C=O) groups is 2. The van der Waals surface area contributed by atoms with Crippen LogP contribution in [0.4, 0.5) is 0 Å². The molecule has 7 heteroatoms. The Morgan fingerprint density at radius 2 is 1.77 bits per heavy atom. The quantitative estimate of drug-likeness (QED) is 0.688. The van der Waals surface area contributed by atoms with Crippen LogP contribution < -0.4 is 10.9 Å². The van der Waals surface area contributed by atoms with Gasteiger partial charge in [-0.3, -0.25) is 20.4 Å². The van der Waals surface area contributed by atoms with Gasteiger partial charge in [-0.1, -0.05) is 47.9 Å². The number of nitrogens with zero attached hydrogens (tertiary/aromatic N) is 1. The predicted molar refractivity (Wildman–Crippen MR) is 97.7 cm³/mol. The molecule has 0 spiro atoms. The van der Waals surface area contributed by atoms with E-state index in [2.05, 4.69) is 16.0 Å². The highest BCUT2D eigenvalue weighted by molar-refractivity contribution is 6.30. The lowest BCUT2D eigenvalue weighted by Gasteiger charge is -2.06. The average Bonchev–Trinajstić information content (AvgIpc) is 3.16. The molecule has 6 nitrogen and oxygen atoms in total. The van der Waals surface area contributed by atoms with Crippen LogP contribution in [0.5, 0.6) is 0 Å². The third kappa shape index (κ3) is 4.10. The van der Waals surface area contributed by atoms with E-state index in [0.717, 1.165) is 12.0 Å². The van der Waals surface area contributed by atoms with Crippen LogP contribution in [-0.2, 0) is 6.42 Å². The lowest BCUT2D eigenvalue weighted by molar-refractivity contribution is 0.0841. The Labute approximate surface area is 155 Å². The van der Waals surface area contributed by atoms with Crippen LogP contribution in [0.2, 0.25) is 5.02 Å². The second kappa shape index (κ2) is 7.84. The van der Waals surface area contributed by atoms with Gasteiger partial charge in [-0.05, 0) is 36.2 Å². The molecule has 0 fully saturated rings. The van der Waals surface area contributed by atoms with Gasteiger partial charge in [-0.2, -0.15) is 0 Å². The number of halogens is 1. The summed E-state index contributed by atoms with van der Waals surface area (Å²) in [6, 6.07) is 15.6. The maximum absolute atomic E-state index is 12.1. The van der Waals surface area contributed by atoms with Crippen molar-refractivity contribution in [3.8, 4) is 11.3 Å². The van der Waals surface area contributed by atoms with Crippen molar-refractivity contribution in [2.75, 3.05) is 0 Å². The summed E-state index contributed by atoms with van der Waals surface area (Å²) in [4.78, 5) is 24.2. The zero-order chi connectivity index (χ0) is 18.5. The molecule has 0 saturated heterocycles. The average molecular weight is 370 g/mol. The van der Waals surface area contributed by atoms with Crippen LogP contribution in [0.25, 0.3) is 11.3 Å². The van der Waals surface area contributed by atoms with Crippen LogP contribution in [0.3, 0.4) is 0 Å². The van der Waals surface area contributed by atoms with E-state index in [1.807, 2.05) is 19.1 Å². The number of hydrogen-bond acceptors (Lipinski definition) is 4. The number of aryl methyl sites for hydroxylation is 1. The number of aromatic nitrogens is 1. The predicted octanol–water partition coefficient (Wildman–Crippen LogP) is 3.63. The van der Waals surface area contributed by atoms with Gasteiger partial charge >= 0.3 is 0 Å². The molecule has 3 aromatic rings. The molecular formula is C19H16ClN3O3. The summed E-state index contributed by atoms with van der Waals surface area (Å²) in [5.41, 5.74) is 6.98. The summed E-state index contributed by atoms with van der Waals surface area (Å²) in [5.74, 6) is -0.598. The van der Waals surface area contributed by atoms with Crippen molar-refractivity contribution in [1.29, 1.82) is 0 Å². The van der Waals surface area contributed by atoms with Gasteiger partial charge in [-0.15, -0.1) is 0 Å². The van der Waals surface area contributed by atoms with Gasteiger partial charge in [0.1, 0.15) is 0 Å². The lowest BCUT2D eigenvalue weighted by Crippen LogP contribution is -2.41. The van der Waals surface area contributed by atoms with Gasteiger partial charge < -0.3 is 4.52 Å². The molecule has 2 aromatic carbocycles. The summed E-state index contributed by atoms with van der Waals surface area (Å²) in [7, 11) is 0. The van der Waals surface area contributed by atoms with Gasteiger partial charge in [0.2, 0.25) is 0 Å². The molecule has 0 aliphatic rings. The number of hydrazine groups is 1. The molecule has 26 heavy (non-hydrogen) atoms. The first-order valence-electron chi connectivity index (χ1n) is 7.99. The van der Waals surface area contributed by atoms with E-state index in [-0.39, 0.29) is 5.69 Å². The minimum Gasteiger partial charge on any atom is -0.355 e. The standard InChI is InChI=1S/C19H16ClN3O3/c1-2-12-6-8-13(9-7-12)18(24)21-22-19(25)16-11-17(26-23-16)14-4-3-5-15(20)10-14/h3-11H,2H2,1H3,(H,21,24)(H,22,25). The third-order valence-electron chi connectivity index (χ3n) is 3.77. The molecule has 0 aliphatic carbocycles. The van der Waals surface area contributed by atoms with Crippen molar-refractivity contribution in [3.05, 3.63) is 76.4 Å². The molecule has 0 bridgehead atoms. The van der Waals surface area contributed by atoms with E-state index in [0.29, 0.717) is 21.9 Å². The van der Waals surface area contributed by atoms with Gasteiger partial charge in [0.05, 0.1) is 0 Å². The highest BCUT2D eigenvalue weighted by Gasteiger charge is 2.15. The zero-order valence-electron chi connectivity index (χ0n) is 14.0. The molecule has 0 radical (unpaired) electrons. The molecule has 1 aromatic heterocycles. The molecule has 3 rings (SSSR count). The van der Waals surface area contributed by atoms with Crippen LogP contribution in [0.15, 0.2) is 59.1 Å². The molecule has 0 unspecified atom stereocenters. The van der Waals surface area contributed by atoms with Gasteiger partial charge in [0, 0.05) is 22.2 Å². The van der Waals surface area contributed by atoms with Gasteiger partial charge in [0.15, 0.2) is 11.5 Å². The van der Waals surface area contributed by atoms with E-state index in [4.69, 9.17) is 16.1 Å². The van der Waals surface area contributed by atoms with Gasteiger partial charge in [0.25, 0.3) is 11.8 Å². The molecular weight excluding hydrogens is 354 g/mol. The number of carbonyl (C=O) groups excluding carboxylic acids is 2. The summed E-state index contributed by atoms with van der Waals surface area (Å²) in [5, 5.41) is 4.26. The van der Waals surface area contributed by atoms with E-state index in [1.54, 1.807) is 36.4 Å². The van der Waals surface area contributed by atoms with Crippen LogP contribution in [0, 0.1) is 0 Å². The molecule has 2 amide bonds. The summed E-state index contributed by atoms with van der Waals surface area (Å²) < 4.78 is 5.16.